The molecule has 1 aliphatic heterocycles. The van der Waals surface area contributed by atoms with Gasteiger partial charge in [0.1, 0.15) is 5.82 Å². The first-order chi connectivity index (χ1) is 17.7. The molecule has 1 aliphatic rings. The smallest absolute Gasteiger partial charge is 0.382 e. The molecule has 1 fully saturated rings. The lowest BCUT2D eigenvalue weighted by Crippen LogP contribution is -2.43. The topological polar surface area (TPSA) is 94.1 Å². The zero-order valence-electron chi connectivity index (χ0n) is 20.0. The molecular formula is C26H26F3N5O2S. The van der Waals surface area contributed by atoms with Crippen molar-refractivity contribution in [1.29, 1.82) is 0 Å². The summed E-state index contributed by atoms with van der Waals surface area (Å²) in [4.78, 5) is 26.2. The number of halogens is 3. The highest BCUT2D eigenvalue weighted by molar-refractivity contribution is 7.09. The van der Waals surface area contributed by atoms with E-state index in [1.54, 1.807) is 11.1 Å². The van der Waals surface area contributed by atoms with E-state index in [1.165, 1.54) is 11.3 Å². The molecular weight excluding hydrogens is 503 g/mol. The van der Waals surface area contributed by atoms with E-state index in [0.717, 1.165) is 27.3 Å². The van der Waals surface area contributed by atoms with Crippen LogP contribution in [0.15, 0.2) is 52.8 Å². The zero-order chi connectivity index (χ0) is 26.2. The van der Waals surface area contributed by atoms with E-state index < -0.39 is 18.8 Å². The van der Waals surface area contributed by atoms with Crippen LogP contribution >= 0.6 is 11.3 Å². The van der Waals surface area contributed by atoms with Gasteiger partial charge in [-0.2, -0.15) is 13.2 Å². The minimum atomic E-state index is -4.59. The van der Waals surface area contributed by atoms with Crippen LogP contribution in [-0.4, -0.2) is 56.9 Å². The number of H-pyrrole nitrogens is 1. The second-order valence-electron chi connectivity index (χ2n) is 9.26. The summed E-state index contributed by atoms with van der Waals surface area (Å²) in [5, 5.41) is 16.7. The number of hydrogen-bond acceptors (Lipinski definition) is 7. The number of benzene rings is 1. The average molecular weight is 530 g/mol. The third kappa shape index (κ3) is 5.68. The average Bonchev–Trinajstić information content (AvgIpc) is 3.31. The normalized spacial score (nSPS) is 16.2. The molecule has 1 aromatic carbocycles. The largest absolute Gasteiger partial charge is 0.415 e. The number of likely N-dealkylation sites (tertiary alicyclic amines) is 1. The van der Waals surface area contributed by atoms with E-state index in [4.69, 9.17) is 4.98 Å². The zero-order valence-corrected chi connectivity index (χ0v) is 20.9. The predicted molar refractivity (Wildman–Crippen MR) is 138 cm³/mol. The van der Waals surface area contributed by atoms with Crippen LogP contribution in [0.5, 0.6) is 0 Å². The molecule has 5 rings (SSSR count). The van der Waals surface area contributed by atoms with Crippen molar-refractivity contribution < 1.29 is 18.3 Å². The maximum atomic E-state index is 12.6. The van der Waals surface area contributed by atoms with Gasteiger partial charge < -0.3 is 20.3 Å². The number of aromatic amines is 1. The Morgan fingerprint density at radius 3 is 2.54 bits per heavy atom. The van der Waals surface area contributed by atoms with Crippen LogP contribution in [0.3, 0.4) is 0 Å². The van der Waals surface area contributed by atoms with E-state index in [2.05, 4.69) is 15.3 Å². The number of alkyl halides is 3. The lowest BCUT2D eigenvalue weighted by Gasteiger charge is -2.33. The van der Waals surface area contributed by atoms with Crippen molar-refractivity contribution in [3.05, 3.63) is 68.9 Å². The fourth-order valence-electron chi connectivity index (χ4n) is 4.69. The number of β-amino-alcohol motifs (C(OH)–C–C–N with tert-alkyl or cyclic N) is 1. The Bertz CT molecular complexity index is 1440. The summed E-state index contributed by atoms with van der Waals surface area (Å²) < 4.78 is 37.9. The highest BCUT2D eigenvalue weighted by Gasteiger charge is 2.39. The van der Waals surface area contributed by atoms with Gasteiger partial charge in [0.05, 0.1) is 21.8 Å². The van der Waals surface area contributed by atoms with Crippen LogP contribution in [-0.2, 0) is 0 Å². The van der Waals surface area contributed by atoms with Crippen LogP contribution in [0.4, 0.5) is 24.7 Å². The van der Waals surface area contributed by atoms with E-state index in [-0.39, 0.29) is 11.5 Å². The Morgan fingerprint density at radius 2 is 1.89 bits per heavy atom. The van der Waals surface area contributed by atoms with Crippen LogP contribution in [0.2, 0.25) is 0 Å². The molecule has 0 spiro atoms. The molecule has 37 heavy (non-hydrogen) atoms. The fraction of sp³-hybridized carbons (Fsp3) is 0.346. The Balaban J connectivity index is 1.32. The monoisotopic (exact) mass is 529 g/mol. The van der Waals surface area contributed by atoms with Gasteiger partial charge in [0.15, 0.2) is 6.10 Å². The van der Waals surface area contributed by atoms with Crippen molar-refractivity contribution in [3.63, 3.8) is 0 Å². The molecule has 1 unspecified atom stereocenters. The minimum absolute atomic E-state index is 0.228. The molecule has 0 aliphatic carbocycles. The highest BCUT2D eigenvalue weighted by Crippen LogP contribution is 2.32. The summed E-state index contributed by atoms with van der Waals surface area (Å²) in [5.41, 5.74) is 3.04. The molecule has 4 aromatic rings. The molecule has 4 heterocycles. The Kier molecular flexibility index (Phi) is 7.02. The summed E-state index contributed by atoms with van der Waals surface area (Å²) in [6, 6.07) is 11.5. The number of rotatable bonds is 6. The SMILES string of the molecule is Cc1nc(-c2cc3cc[nH]c(=O)c3c(Nc3ccc(C4CCN(CC(O)C(F)(F)F)CC4)cc3)n2)cs1. The third-order valence-corrected chi connectivity index (χ3v) is 7.45. The van der Waals surface area contributed by atoms with Crippen molar-refractivity contribution in [2.24, 2.45) is 0 Å². The molecule has 0 radical (unpaired) electrons. The number of fused-ring (bicyclic) bond motifs is 1. The second kappa shape index (κ2) is 10.2. The van der Waals surface area contributed by atoms with Gasteiger partial charge in [0, 0.05) is 23.8 Å². The number of piperidine rings is 1. The van der Waals surface area contributed by atoms with Crippen LogP contribution in [0.1, 0.15) is 29.3 Å². The predicted octanol–water partition coefficient (Wildman–Crippen LogP) is 5.20. The lowest BCUT2D eigenvalue weighted by molar-refractivity contribution is -0.208. The molecule has 194 valence electrons. The first-order valence-corrected chi connectivity index (χ1v) is 12.8. The summed E-state index contributed by atoms with van der Waals surface area (Å²) in [6.07, 6.45) is -3.87. The second-order valence-corrected chi connectivity index (χ2v) is 10.3. The molecule has 1 atom stereocenters. The quantitative estimate of drug-likeness (QED) is 0.318. The van der Waals surface area contributed by atoms with Gasteiger partial charge in [-0.1, -0.05) is 12.1 Å². The maximum absolute atomic E-state index is 12.6. The molecule has 11 heteroatoms. The third-order valence-electron chi connectivity index (χ3n) is 6.68. The number of pyridine rings is 2. The van der Waals surface area contributed by atoms with E-state index in [0.29, 0.717) is 42.8 Å². The van der Waals surface area contributed by atoms with Gasteiger partial charge in [0.2, 0.25) is 0 Å². The van der Waals surface area contributed by atoms with Gasteiger partial charge in [-0.3, -0.25) is 4.79 Å². The highest BCUT2D eigenvalue weighted by atomic mass is 32.1. The number of aliphatic hydroxyl groups is 1. The van der Waals surface area contributed by atoms with Crippen molar-refractivity contribution in [1.82, 2.24) is 19.9 Å². The maximum Gasteiger partial charge on any atom is 0.415 e. The number of anilines is 2. The summed E-state index contributed by atoms with van der Waals surface area (Å²) in [7, 11) is 0. The molecule has 0 bridgehead atoms. The Hall–Kier alpha value is -3.28. The molecule has 0 saturated carbocycles. The molecule has 7 nitrogen and oxygen atoms in total. The van der Waals surface area contributed by atoms with Crippen molar-refractivity contribution in [3.8, 4) is 11.4 Å². The van der Waals surface area contributed by atoms with E-state index in [1.807, 2.05) is 48.7 Å². The molecule has 3 aromatic heterocycles. The first kappa shape index (κ1) is 25.4. The molecule has 1 saturated heterocycles. The summed E-state index contributed by atoms with van der Waals surface area (Å²) >= 11 is 1.53. The number of aromatic nitrogens is 3. The molecule has 0 amide bonds. The summed E-state index contributed by atoms with van der Waals surface area (Å²) in [6.45, 7) is 2.54. The van der Waals surface area contributed by atoms with Crippen LogP contribution < -0.4 is 10.9 Å². The molecule has 3 N–H and O–H groups in total. The summed E-state index contributed by atoms with van der Waals surface area (Å²) in [5.74, 6) is 0.663. The minimum Gasteiger partial charge on any atom is -0.382 e. The number of nitrogens with one attached hydrogen (secondary N) is 2. The number of hydrogen-bond donors (Lipinski definition) is 3. The van der Waals surface area contributed by atoms with Crippen molar-refractivity contribution in [2.75, 3.05) is 25.0 Å². The van der Waals surface area contributed by atoms with Gasteiger partial charge in [0.25, 0.3) is 5.56 Å². The number of nitrogens with zero attached hydrogens (tertiary/aromatic N) is 3. The van der Waals surface area contributed by atoms with Crippen LogP contribution in [0.25, 0.3) is 22.2 Å². The number of thiazole rings is 1. The first-order valence-electron chi connectivity index (χ1n) is 12.0. The van der Waals surface area contributed by atoms with Gasteiger partial charge >= 0.3 is 6.18 Å². The van der Waals surface area contributed by atoms with E-state index in [9.17, 15) is 23.1 Å². The van der Waals surface area contributed by atoms with Crippen LogP contribution in [0, 0.1) is 6.92 Å². The Labute approximate surface area is 215 Å². The van der Waals surface area contributed by atoms with Crippen molar-refractivity contribution >= 4 is 33.6 Å². The van der Waals surface area contributed by atoms with Gasteiger partial charge in [-0.05, 0) is 74.0 Å². The van der Waals surface area contributed by atoms with Crippen molar-refractivity contribution in [2.45, 2.75) is 38.0 Å². The number of aliphatic hydroxyl groups excluding tert-OH is 1. The van der Waals surface area contributed by atoms with Gasteiger partial charge in [-0.25, -0.2) is 9.97 Å². The van der Waals surface area contributed by atoms with E-state index >= 15 is 0 Å². The number of aryl methyl sites for hydroxylation is 1. The fourth-order valence-corrected chi connectivity index (χ4v) is 5.30. The van der Waals surface area contributed by atoms with Gasteiger partial charge in [-0.15, -0.1) is 11.3 Å². The standard InChI is InChI=1S/C26H26F3N5O2S/c1-15-31-21(14-37-15)20-12-18-6-9-30-25(36)23(18)24(33-20)32-19-4-2-16(3-5-19)17-7-10-34(11-8-17)13-22(35)26(27,28)29/h2-6,9,12,14,17,22,35H,7-8,10-11,13H2,1H3,(H,30,36)(H,32,33). The lowest BCUT2D eigenvalue weighted by atomic mass is 9.89. The Morgan fingerprint density at radius 1 is 1.16 bits per heavy atom.